The monoisotopic (exact) mass is 318 g/mol. The summed E-state index contributed by atoms with van der Waals surface area (Å²) < 4.78 is 6.44. The number of halogens is 1. The summed E-state index contributed by atoms with van der Waals surface area (Å²) in [5.41, 5.74) is 5.93. The number of rotatable bonds is 3. The molecule has 17 heavy (non-hydrogen) atoms. The van der Waals surface area contributed by atoms with Crippen molar-refractivity contribution in [2.24, 2.45) is 5.73 Å². The van der Waals surface area contributed by atoms with Gasteiger partial charge < -0.3 is 10.2 Å². The lowest BCUT2D eigenvalue weighted by Crippen LogP contribution is -2.48. The molecule has 5 heteroatoms. The molecule has 2 heterocycles. The first-order chi connectivity index (χ1) is 8.13. The summed E-state index contributed by atoms with van der Waals surface area (Å²) in [7, 11) is 0. The minimum atomic E-state index is 0.194. The second-order valence-corrected chi connectivity index (χ2v) is 6.71. The summed E-state index contributed by atoms with van der Waals surface area (Å²) in [6.07, 6.45) is 0. The van der Waals surface area contributed by atoms with Gasteiger partial charge in [-0.1, -0.05) is 6.92 Å². The first-order valence-corrected chi connectivity index (χ1v) is 7.80. The van der Waals surface area contributed by atoms with Gasteiger partial charge >= 0.3 is 0 Å². The van der Waals surface area contributed by atoms with Crippen molar-refractivity contribution in [3.05, 3.63) is 22.6 Å². The van der Waals surface area contributed by atoms with Gasteiger partial charge in [0.25, 0.3) is 0 Å². The third-order valence-corrected chi connectivity index (χ3v) is 5.24. The zero-order valence-electron chi connectivity index (χ0n) is 10.2. The van der Waals surface area contributed by atoms with E-state index in [1.807, 2.05) is 23.9 Å². The van der Waals surface area contributed by atoms with Crippen LogP contribution < -0.4 is 5.73 Å². The lowest BCUT2D eigenvalue weighted by Gasteiger charge is -2.41. The van der Waals surface area contributed by atoms with E-state index in [4.69, 9.17) is 10.2 Å². The van der Waals surface area contributed by atoms with Gasteiger partial charge in [-0.2, -0.15) is 11.8 Å². The summed E-state index contributed by atoms with van der Waals surface area (Å²) >= 11 is 5.39. The molecular formula is C12H19BrN2OS. The fourth-order valence-corrected chi connectivity index (χ4v) is 3.76. The van der Waals surface area contributed by atoms with E-state index in [1.165, 1.54) is 5.75 Å². The predicted octanol–water partition coefficient (Wildman–Crippen LogP) is 2.87. The van der Waals surface area contributed by atoms with Crippen LogP contribution in [0.3, 0.4) is 0 Å². The van der Waals surface area contributed by atoms with Crippen LogP contribution in [0.1, 0.15) is 25.6 Å². The molecule has 1 saturated heterocycles. The first kappa shape index (κ1) is 13.5. The number of thioether (sulfide) groups is 1. The molecule has 0 saturated carbocycles. The standard InChI is InChI=1S/C12H19BrN2OS/c1-8-9(2)17-6-5-15(8)10(7-14)11-3-4-12(13)16-11/h3-4,8-10H,5-7,14H2,1-2H3. The Balaban J connectivity index is 2.17. The highest BCUT2D eigenvalue weighted by molar-refractivity contribution is 9.10. The summed E-state index contributed by atoms with van der Waals surface area (Å²) in [5.74, 6) is 2.13. The molecule has 0 amide bonds. The van der Waals surface area contributed by atoms with Crippen LogP contribution in [0, 0.1) is 0 Å². The molecule has 3 nitrogen and oxygen atoms in total. The third kappa shape index (κ3) is 2.89. The van der Waals surface area contributed by atoms with Crippen LogP contribution in [0.15, 0.2) is 21.2 Å². The Bertz CT molecular complexity index is 371. The molecule has 0 radical (unpaired) electrons. The highest BCUT2D eigenvalue weighted by Gasteiger charge is 2.32. The Labute approximate surface area is 115 Å². The van der Waals surface area contributed by atoms with Gasteiger partial charge in [-0.3, -0.25) is 4.90 Å². The lowest BCUT2D eigenvalue weighted by atomic mass is 10.1. The lowest BCUT2D eigenvalue weighted by molar-refractivity contribution is 0.133. The van der Waals surface area contributed by atoms with E-state index >= 15 is 0 Å². The summed E-state index contributed by atoms with van der Waals surface area (Å²) in [5, 5.41) is 0.649. The summed E-state index contributed by atoms with van der Waals surface area (Å²) in [6.45, 7) is 6.24. The van der Waals surface area contributed by atoms with Crippen molar-refractivity contribution in [1.29, 1.82) is 0 Å². The van der Waals surface area contributed by atoms with Crippen molar-refractivity contribution in [1.82, 2.24) is 4.90 Å². The largest absolute Gasteiger partial charge is 0.453 e. The first-order valence-electron chi connectivity index (χ1n) is 5.96. The van der Waals surface area contributed by atoms with Crippen LogP contribution in [0.5, 0.6) is 0 Å². The second-order valence-electron chi connectivity index (χ2n) is 4.45. The molecule has 3 atom stereocenters. The second kappa shape index (κ2) is 5.78. The fourth-order valence-electron chi connectivity index (χ4n) is 2.32. The number of hydrogen-bond acceptors (Lipinski definition) is 4. The predicted molar refractivity (Wildman–Crippen MR) is 76.3 cm³/mol. The molecule has 1 aliphatic heterocycles. The maximum absolute atomic E-state index is 5.93. The Hall–Kier alpha value is 0.0300. The maximum Gasteiger partial charge on any atom is 0.169 e. The van der Waals surface area contributed by atoms with Gasteiger partial charge in [-0.15, -0.1) is 0 Å². The third-order valence-electron chi connectivity index (χ3n) is 3.48. The summed E-state index contributed by atoms with van der Waals surface area (Å²) in [4.78, 5) is 2.46. The molecule has 0 aromatic carbocycles. The normalized spacial score (nSPS) is 28.2. The number of hydrogen-bond donors (Lipinski definition) is 1. The van der Waals surface area contributed by atoms with E-state index in [-0.39, 0.29) is 6.04 Å². The molecule has 1 aromatic rings. The van der Waals surface area contributed by atoms with E-state index in [0.29, 0.717) is 17.8 Å². The maximum atomic E-state index is 5.93. The molecule has 0 bridgehead atoms. The van der Waals surface area contributed by atoms with E-state index < -0.39 is 0 Å². The quantitative estimate of drug-likeness (QED) is 0.930. The summed E-state index contributed by atoms with van der Waals surface area (Å²) in [6, 6.07) is 4.68. The molecule has 96 valence electrons. The average molecular weight is 319 g/mol. The molecule has 0 aliphatic carbocycles. The van der Waals surface area contributed by atoms with Crippen LogP contribution in [0.4, 0.5) is 0 Å². The van der Waals surface area contributed by atoms with Gasteiger partial charge in [0.05, 0.1) is 6.04 Å². The highest BCUT2D eigenvalue weighted by atomic mass is 79.9. The van der Waals surface area contributed by atoms with Crippen molar-refractivity contribution >= 4 is 27.7 Å². The van der Waals surface area contributed by atoms with Gasteiger partial charge in [0.15, 0.2) is 4.67 Å². The van der Waals surface area contributed by atoms with E-state index in [2.05, 4.69) is 34.7 Å². The van der Waals surface area contributed by atoms with E-state index in [9.17, 15) is 0 Å². The molecule has 2 rings (SSSR count). The Morgan fingerprint density at radius 3 is 2.94 bits per heavy atom. The van der Waals surface area contributed by atoms with Crippen LogP contribution in [0.2, 0.25) is 0 Å². The zero-order chi connectivity index (χ0) is 12.4. The van der Waals surface area contributed by atoms with E-state index in [0.717, 1.165) is 17.0 Å². The number of furan rings is 1. The fraction of sp³-hybridized carbons (Fsp3) is 0.667. The molecule has 2 N–H and O–H groups in total. The van der Waals surface area contributed by atoms with Gasteiger partial charge in [-0.05, 0) is 35.0 Å². The Morgan fingerprint density at radius 2 is 2.35 bits per heavy atom. The van der Waals surface area contributed by atoms with Crippen LogP contribution in [-0.4, -0.2) is 35.0 Å². The molecule has 1 aliphatic rings. The average Bonchev–Trinajstić information content (AvgIpc) is 2.72. The van der Waals surface area contributed by atoms with Crippen molar-refractivity contribution in [3.8, 4) is 0 Å². The van der Waals surface area contributed by atoms with Gasteiger partial charge in [-0.25, -0.2) is 0 Å². The van der Waals surface area contributed by atoms with Gasteiger partial charge in [0, 0.05) is 30.1 Å². The number of nitrogens with two attached hydrogens (primary N) is 1. The van der Waals surface area contributed by atoms with Crippen molar-refractivity contribution in [2.45, 2.75) is 31.2 Å². The zero-order valence-corrected chi connectivity index (χ0v) is 12.6. The van der Waals surface area contributed by atoms with Crippen LogP contribution in [-0.2, 0) is 0 Å². The van der Waals surface area contributed by atoms with Crippen LogP contribution in [0.25, 0.3) is 0 Å². The smallest absolute Gasteiger partial charge is 0.169 e. The van der Waals surface area contributed by atoms with Gasteiger partial charge in [0.2, 0.25) is 0 Å². The molecular weight excluding hydrogens is 300 g/mol. The molecule has 3 unspecified atom stereocenters. The topological polar surface area (TPSA) is 42.4 Å². The van der Waals surface area contributed by atoms with Crippen molar-refractivity contribution in [3.63, 3.8) is 0 Å². The van der Waals surface area contributed by atoms with Crippen LogP contribution >= 0.6 is 27.7 Å². The Morgan fingerprint density at radius 1 is 1.59 bits per heavy atom. The minimum Gasteiger partial charge on any atom is -0.453 e. The molecule has 0 spiro atoms. The highest BCUT2D eigenvalue weighted by Crippen LogP contribution is 2.32. The van der Waals surface area contributed by atoms with Gasteiger partial charge in [0.1, 0.15) is 5.76 Å². The molecule has 1 aromatic heterocycles. The Kier molecular flexibility index (Phi) is 4.58. The SMILES string of the molecule is CC1SCCN(C(CN)c2ccc(Br)o2)C1C. The number of nitrogens with zero attached hydrogens (tertiary/aromatic N) is 1. The van der Waals surface area contributed by atoms with Crippen molar-refractivity contribution < 1.29 is 4.42 Å². The molecule has 1 fully saturated rings. The van der Waals surface area contributed by atoms with E-state index in [1.54, 1.807) is 0 Å². The minimum absolute atomic E-state index is 0.194. The van der Waals surface area contributed by atoms with Crippen molar-refractivity contribution in [2.75, 3.05) is 18.8 Å².